The maximum absolute atomic E-state index is 13.4. The summed E-state index contributed by atoms with van der Waals surface area (Å²) in [5.41, 5.74) is 4.47. The van der Waals surface area contributed by atoms with E-state index >= 15 is 0 Å². The van der Waals surface area contributed by atoms with E-state index in [1.807, 2.05) is 48.0 Å². The van der Waals surface area contributed by atoms with E-state index in [1.54, 1.807) is 30.1 Å². The fourth-order valence-electron chi connectivity index (χ4n) is 3.72. The van der Waals surface area contributed by atoms with E-state index in [2.05, 4.69) is 9.97 Å². The van der Waals surface area contributed by atoms with E-state index < -0.39 is 0 Å². The molecule has 2 N–H and O–H groups in total. The first-order chi connectivity index (χ1) is 16.0. The second-order valence-electron chi connectivity index (χ2n) is 7.49. The highest BCUT2D eigenvalue weighted by Crippen LogP contribution is 2.28. The lowest BCUT2D eigenvalue weighted by Crippen LogP contribution is -2.08. The van der Waals surface area contributed by atoms with Crippen LogP contribution in [0.5, 0.6) is 5.75 Å². The topological polar surface area (TPSA) is 85.3 Å². The van der Waals surface area contributed by atoms with Gasteiger partial charge in [-0.1, -0.05) is 12.1 Å². The van der Waals surface area contributed by atoms with E-state index in [9.17, 15) is 14.6 Å². The minimum absolute atomic E-state index is 0.111. The Morgan fingerprint density at radius 2 is 1.88 bits per heavy atom. The molecule has 2 heterocycles. The van der Waals surface area contributed by atoms with Gasteiger partial charge in [0, 0.05) is 18.3 Å². The number of rotatable bonds is 8. The molecule has 0 unspecified atom stereocenters. The zero-order valence-electron chi connectivity index (χ0n) is 18.4. The average Bonchev–Trinajstić information content (AvgIpc) is 3.41. The smallest absolute Gasteiger partial charge is 0.143 e. The summed E-state index contributed by atoms with van der Waals surface area (Å²) in [4.78, 5) is 8.93. The lowest BCUT2D eigenvalue weighted by molar-refractivity contribution is 0.251. The molecular formula is C25H25FN4O3. The molecule has 4 rings (SSSR count). The van der Waals surface area contributed by atoms with Crippen molar-refractivity contribution in [3.05, 3.63) is 83.6 Å². The molecule has 2 aromatic carbocycles. The number of ether oxygens (including phenoxy) is 1. The Hall–Kier alpha value is -3.75. The van der Waals surface area contributed by atoms with Gasteiger partial charge in [0.1, 0.15) is 17.4 Å². The summed E-state index contributed by atoms with van der Waals surface area (Å²) in [5.74, 6) is 0.916. The van der Waals surface area contributed by atoms with Crippen LogP contribution in [-0.4, -0.2) is 43.0 Å². The van der Waals surface area contributed by atoms with Crippen LogP contribution in [0.2, 0.25) is 0 Å². The maximum atomic E-state index is 13.4. The molecule has 0 bridgehead atoms. The lowest BCUT2D eigenvalue weighted by Gasteiger charge is -2.10. The largest absolute Gasteiger partial charge is 0.495 e. The van der Waals surface area contributed by atoms with Crippen molar-refractivity contribution in [2.24, 2.45) is 0 Å². The number of imidazole rings is 2. The van der Waals surface area contributed by atoms with Crippen molar-refractivity contribution in [2.75, 3.05) is 13.7 Å². The molecule has 0 amide bonds. The Morgan fingerprint density at radius 3 is 2.52 bits per heavy atom. The monoisotopic (exact) mass is 448 g/mol. The van der Waals surface area contributed by atoms with Gasteiger partial charge < -0.3 is 24.1 Å². The van der Waals surface area contributed by atoms with Crippen LogP contribution in [0.4, 0.5) is 4.39 Å². The van der Waals surface area contributed by atoms with Crippen molar-refractivity contribution >= 4 is 12.2 Å². The molecule has 0 aliphatic rings. The van der Waals surface area contributed by atoms with E-state index in [4.69, 9.17) is 4.74 Å². The van der Waals surface area contributed by atoms with E-state index in [-0.39, 0.29) is 25.6 Å². The highest BCUT2D eigenvalue weighted by molar-refractivity contribution is 5.72. The SMILES string of the molecule is COc1cc(C=Cc2nc(-c3ccc(F)cc3)c(CO)n2CCO)ccc1-n1cnc(C)c1. The fraction of sp³-hybridized carbons (Fsp3) is 0.200. The van der Waals surface area contributed by atoms with Crippen molar-refractivity contribution in [1.29, 1.82) is 0 Å². The summed E-state index contributed by atoms with van der Waals surface area (Å²) < 4.78 is 22.6. The molecular weight excluding hydrogens is 423 g/mol. The normalized spacial score (nSPS) is 11.4. The van der Waals surface area contributed by atoms with Crippen LogP contribution in [0.15, 0.2) is 55.0 Å². The molecule has 0 atom stereocenters. The zero-order valence-corrected chi connectivity index (χ0v) is 18.4. The van der Waals surface area contributed by atoms with Gasteiger partial charge in [0.05, 0.1) is 49.4 Å². The molecule has 0 aliphatic heterocycles. The first-order valence-corrected chi connectivity index (χ1v) is 10.5. The summed E-state index contributed by atoms with van der Waals surface area (Å²) in [6, 6.07) is 11.8. The molecule has 0 spiro atoms. The van der Waals surface area contributed by atoms with E-state index in [0.717, 1.165) is 16.9 Å². The molecule has 0 saturated heterocycles. The number of aromatic nitrogens is 4. The van der Waals surface area contributed by atoms with Gasteiger partial charge in [-0.2, -0.15) is 0 Å². The predicted octanol–water partition coefficient (Wildman–Crippen LogP) is 3.85. The molecule has 4 aromatic rings. The number of hydrogen-bond donors (Lipinski definition) is 2. The van der Waals surface area contributed by atoms with Gasteiger partial charge in [0.25, 0.3) is 0 Å². The molecule has 33 heavy (non-hydrogen) atoms. The summed E-state index contributed by atoms with van der Waals surface area (Å²) in [6.45, 7) is 1.82. The Balaban J connectivity index is 1.70. The fourth-order valence-corrected chi connectivity index (χ4v) is 3.72. The van der Waals surface area contributed by atoms with Crippen molar-refractivity contribution in [3.63, 3.8) is 0 Å². The van der Waals surface area contributed by atoms with Crippen molar-refractivity contribution in [1.82, 2.24) is 19.1 Å². The van der Waals surface area contributed by atoms with Crippen LogP contribution in [0, 0.1) is 12.7 Å². The first kappa shape index (κ1) is 22.4. The molecule has 8 heteroatoms. The standard InChI is InChI=1S/C25H25FN4O3/c1-17-14-29(16-27-17)21-9-3-18(13-23(21)33-2)4-10-24-28-25(19-5-7-20(26)8-6-19)22(15-32)30(24)11-12-31/h3-10,13-14,16,31-32H,11-12,15H2,1-2H3. The van der Waals surface area contributed by atoms with Gasteiger partial charge in [-0.05, 0) is 55.0 Å². The molecule has 0 radical (unpaired) electrons. The Kier molecular flexibility index (Phi) is 6.67. The van der Waals surface area contributed by atoms with E-state index in [0.29, 0.717) is 28.5 Å². The van der Waals surface area contributed by atoms with Crippen LogP contribution in [0.25, 0.3) is 29.1 Å². The molecule has 2 aromatic heterocycles. The predicted molar refractivity (Wildman–Crippen MR) is 124 cm³/mol. The van der Waals surface area contributed by atoms with Gasteiger partial charge in [0.2, 0.25) is 0 Å². The number of methoxy groups -OCH3 is 1. The molecule has 170 valence electrons. The quantitative estimate of drug-likeness (QED) is 0.428. The van der Waals surface area contributed by atoms with Crippen LogP contribution < -0.4 is 4.74 Å². The molecule has 7 nitrogen and oxygen atoms in total. The second kappa shape index (κ2) is 9.81. The third kappa shape index (κ3) is 4.72. The lowest BCUT2D eigenvalue weighted by atomic mass is 10.1. The number of hydrogen-bond acceptors (Lipinski definition) is 5. The Morgan fingerprint density at radius 1 is 1.09 bits per heavy atom. The van der Waals surface area contributed by atoms with Crippen LogP contribution in [0.3, 0.4) is 0 Å². The Labute approximate surface area is 191 Å². The van der Waals surface area contributed by atoms with Crippen LogP contribution in [-0.2, 0) is 13.2 Å². The third-order valence-corrected chi connectivity index (χ3v) is 5.31. The summed E-state index contributed by atoms with van der Waals surface area (Å²) in [5, 5.41) is 19.5. The van der Waals surface area contributed by atoms with Gasteiger partial charge in [-0.25, -0.2) is 14.4 Å². The second-order valence-corrected chi connectivity index (χ2v) is 7.49. The average molecular weight is 448 g/mol. The minimum Gasteiger partial charge on any atom is -0.495 e. The highest BCUT2D eigenvalue weighted by Gasteiger charge is 2.16. The summed E-state index contributed by atoms with van der Waals surface area (Å²) in [6.07, 6.45) is 7.36. The molecule has 0 aliphatic carbocycles. The first-order valence-electron chi connectivity index (χ1n) is 10.5. The Bertz CT molecular complexity index is 1280. The van der Waals surface area contributed by atoms with Crippen molar-refractivity contribution in [2.45, 2.75) is 20.1 Å². The van der Waals surface area contributed by atoms with Gasteiger partial charge in [-0.15, -0.1) is 0 Å². The van der Waals surface area contributed by atoms with E-state index in [1.165, 1.54) is 12.1 Å². The van der Waals surface area contributed by atoms with Gasteiger partial charge in [0.15, 0.2) is 0 Å². The molecule has 0 fully saturated rings. The highest BCUT2D eigenvalue weighted by atomic mass is 19.1. The minimum atomic E-state index is -0.345. The van der Waals surface area contributed by atoms with Gasteiger partial charge >= 0.3 is 0 Å². The summed E-state index contributed by atoms with van der Waals surface area (Å²) in [7, 11) is 1.62. The number of nitrogens with zero attached hydrogens (tertiary/aromatic N) is 4. The number of aliphatic hydroxyl groups excluding tert-OH is 2. The van der Waals surface area contributed by atoms with Crippen LogP contribution in [0.1, 0.15) is 22.8 Å². The van der Waals surface area contributed by atoms with Crippen molar-refractivity contribution < 1.29 is 19.3 Å². The zero-order chi connectivity index (χ0) is 23.4. The van der Waals surface area contributed by atoms with Gasteiger partial charge in [-0.3, -0.25) is 0 Å². The number of halogens is 1. The number of aliphatic hydroxyl groups is 2. The number of aryl methyl sites for hydroxylation is 1. The third-order valence-electron chi connectivity index (χ3n) is 5.31. The summed E-state index contributed by atoms with van der Waals surface area (Å²) >= 11 is 0. The van der Waals surface area contributed by atoms with Crippen molar-refractivity contribution in [3.8, 4) is 22.7 Å². The van der Waals surface area contributed by atoms with Crippen LogP contribution >= 0.6 is 0 Å². The molecule has 0 saturated carbocycles. The number of benzene rings is 2. The maximum Gasteiger partial charge on any atom is 0.143 e.